The molecule has 0 saturated heterocycles. The van der Waals surface area contributed by atoms with Crippen molar-refractivity contribution in [3.05, 3.63) is 58.1 Å². The van der Waals surface area contributed by atoms with Gasteiger partial charge in [0.15, 0.2) is 0 Å². The standard InChI is InChI=1S/C31H42ClN3O5/c1-17(2)15-23(33-30(39)40-31(6,7)8)29(38)35(24-16-20(24)5)26(21-13-9-12-19(4)27(21)36)28(37)34-25-18(3)11-10-14-22(25)32/h9-14,17,20,23-24,26,36H,15-16H2,1-8H3,(H,33,39)(H,34,37). The molecule has 3 amide bonds. The highest BCUT2D eigenvalue weighted by molar-refractivity contribution is 6.34. The van der Waals surface area contributed by atoms with Crippen LogP contribution in [0.1, 0.15) is 77.1 Å². The van der Waals surface area contributed by atoms with Crippen molar-refractivity contribution in [3.63, 3.8) is 0 Å². The summed E-state index contributed by atoms with van der Waals surface area (Å²) >= 11 is 6.43. The molecule has 0 heterocycles. The van der Waals surface area contributed by atoms with Gasteiger partial charge in [0, 0.05) is 11.6 Å². The monoisotopic (exact) mass is 571 g/mol. The highest BCUT2D eigenvalue weighted by Gasteiger charge is 2.49. The van der Waals surface area contributed by atoms with Gasteiger partial charge in [-0.1, -0.05) is 62.7 Å². The van der Waals surface area contributed by atoms with Gasteiger partial charge in [-0.3, -0.25) is 9.59 Å². The molecule has 0 aromatic heterocycles. The summed E-state index contributed by atoms with van der Waals surface area (Å²) in [5.74, 6) is -0.789. The zero-order chi connectivity index (χ0) is 29.9. The third-order valence-corrected chi connectivity index (χ3v) is 7.25. The molecule has 2 aromatic rings. The van der Waals surface area contributed by atoms with E-state index < -0.39 is 35.6 Å². The molecule has 9 heteroatoms. The number of phenols is 1. The van der Waals surface area contributed by atoms with E-state index in [0.29, 0.717) is 34.7 Å². The van der Waals surface area contributed by atoms with Crippen molar-refractivity contribution in [1.29, 1.82) is 0 Å². The first-order chi connectivity index (χ1) is 18.6. The van der Waals surface area contributed by atoms with Crippen LogP contribution in [0.15, 0.2) is 36.4 Å². The molecule has 1 aliphatic carbocycles. The number of hydrogen-bond acceptors (Lipinski definition) is 5. The second-order valence-electron chi connectivity index (χ2n) is 12.2. The van der Waals surface area contributed by atoms with Gasteiger partial charge in [-0.25, -0.2) is 4.79 Å². The Kier molecular flexibility index (Phi) is 9.77. The van der Waals surface area contributed by atoms with Crippen molar-refractivity contribution in [2.24, 2.45) is 11.8 Å². The molecule has 0 spiro atoms. The molecular weight excluding hydrogens is 530 g/mol. The van der Waals surface area contributed by atoms with E-state index in [1.165, 1.54) is 4.90 Å². The van der Waals surface area contributed by atoms with Crippen molar-refractivity contribution < 1.29 is 24.2 Å². The van der Waals surface area contributed by atoms with Crippen LogP contribution in [0.2, 0.25) is 5.02 Å². The van der Waals surface area contributed by atoms with Crippen LogP contribution >= 0.6 is 11.6 Å². The van der Waals surface area contributed by atoms with Crippen molar-refractivity contribution >= 4 is 35.2 Å². The molecule has 0 radical (unpaired) electrons. The number of nitrogens with one attached hydrogen (secondary N) is 2. The maximum atomic E-state index is 14.4. The molecule has 0 aliphatic heterocycles. The fourth-order valence-electron chi connectivity index (χ4n) is 4.80. The number of phenolic OH excluding ortho intramolecular Hbond substituents is 1. The fourth-order valence-corrected chi connectivity index (χ4v) is 5.07. The Morgan fingerprint density at radius 1 is 1.10 bits per heavy atom. The number of hydrogen-bond donors (Lipinski definition) is 3. The third-order valence-electron chi connectivity index (χ3n) is 6.94. The van der Waals surface area contributed by atoms with E-state index in [-0.39, 0.29) is 23.6 Å². The van der Waals surface area contributed by atoms with Gasteiger partial charge in [0.2, 0.25) is 5.91 Å². The first-order valence-electron chi connectivity index (χ1n) is 13.8. The number of nitrogens with zero attached hydrogens (tertiary/aromatic N) is 1. The van der Waals surface area contributed by atoms with Crippen LogP contribution in [-0.2, 0) is 14.3 Å². The molecule has 40 heavy (non-hydrogen) atoms. The van der Waals surface area contributed by atoms with Crippen LogP contribution in [0, 0.1) is 25.7 Å². The third kappa shape index (κ3) is 7.68. The molecule has 1 aliphatic rings. The Labute approximate surface area is 242 Å². The smallest absolute Gasteiger partial charge is 0.408 e. The fraction of sp³-hybridized carbons (Fsp3) is 0.516. The zero-order valence-electron chi connectivity index (χ0n) is 24.7. The van der Waals surface area contributed by atoms with Crippen LogP contribution < -0.4 is 10.6 Å². The molecule has 4 unspecified atom stereocenters. The number of aryl methyl sites for hydroxylation is 2. The number of amides is 3. The molecule has 0 bridgehead atoms. The van der Waals surface area contributed by atoms with Gasteiger partial charge in [-0.15, -0.1) is 0 Å². The SMILES string of the molecule is Cc1cccc(C(C(=O)Nc2c(C)cccc2Cl)N(C(=O)C(CC(C)C)NC(=O)OC(C)(C)C)C2CC2C)c1O. The van der Waals surface area contributed by atoms with E-state index in [1.807, 2.05) is 33.8 Å². The summed E-state index contributed by atoms with van der Waals surface area (Å²) in [5, 5.41) is 17.2. The van der Waals surface area contributed by atoms with Crippen molar-refractivity contribution in [3.8, 4) is 5.75 Å². The molecule has 3 N–H and O–H groups in total. The zero-order valence-corrected chi connectivity index (χ0v) is 25.4. The Balaban J connectivity index is 2.10. The van der Waals surface area contributed by atoms with Gasteiger partial charge >= 0.3 is 6.09 Å². The molecule has 1 fully saturated rings. The quantitative estimate of drug-likeness (QED) is 0.317. The average molecular weight is 572 g/mol. The van der Waals surface area contributed by atoms with Gasteiger partial charge in [0.25, 0.3) is 5.91 Å². The topological polar surface area (TPSA) is 108 Å². The Bertz CT molecular complexity index is 1240. The minimum absolute atomic E-state index is 0.0628. The Hall–Kier alpha value is -3.26. The van der Waals surface area contributed by atoms with Crippen molar-refractivity contribution in [2.45, 2.75) is 92.0 Å². The lowest BCUT2D eigenvalue weighted by Gasteiger charge is -2.36. The van der Waals surface area contributed by atoms with E-state index in [4.69, 9.17) is 16.3 Å². The largest absolute Gasteiger partial charge is 0.507 e. The summed E-state index contributed by atoms with van der Waals surface area (Å²) in [5.41, 5.74) is 1.33. The lowest BCUT2D eigenvalue weighted by Crippen LogP contribution is -2.53. The van der Waals surface area contributed by atoms with E-state index >= 15 is 0 Å². The summed E-state index contributed by atoms with van der Waals surface area (Å²) in [6.45, 7) is 14.7. The van der Waals surface area contributed by atoms with Crippen LogP contribution in [-0.4, -0.2) is 45.6 Å². The molecule has 218 valence electrons. The number of alkyl carbamates (subject to hydrolysis) is 1. The maximum Gasteiger partial charge on any atom is 0.408 e. The maximum absolute atomic E-state index is 14.4. The van der Waals surface area contributed by atoms with Gasteiger partial charge < -0.3 is 25.4 Å². The highest BCUT2D eigenvalue weighted by Crippen LogP contribution is 2.43. The Morgan fingerprint density at radius 3 is 2.25 bits per heavy atom. The highest BCUT2D eigenvalue weighted by atomic mass is 35.5. The lowest BCUT2D eigenvalue weighted by atomic mass is 9.97. The number of carbonyl (C=O) groups excluding carboxylic acids is 3. The molecular formula is C31H42ClN3O5. The predicted octanol–water partition coefficient (Wildman–Crippen LogP) is 6.52. The van der Waals surface area contributed by atoms with E-state index in [9.17, 15) is 19.5 Å². The minimum atomic E-state index is -1.17. The number of carbonyl (C=O) groups is 3. The summed E-state index contributed by atoms with van der Waals surface area (Å²) in [4.78, 5) is 42.8. The summed E-state index contributed by atoms with van der Waals surface area (Å²) in [6, 6.07) is 8.06. The molecule has 3 rings (SSSR count). The van der Waals surface area contributed by atoms with Crippen LogP contribution in [0.4, 0.5) is 10.5 Å². The number of aromatic hydroxyl groups is 1. The van der Waals surface area contributed by atoms with Gasteiger partial charge in [0.05, 0.1) is 10.7 Å². The second-order valence-corrected chi connectivity index (χ2v) is 12.6. The predicted molar refractivity (Wildman–Crippen MR) is 157 cm³/mol. The number of ether oxygens (including phenoxy) is 1. The first kappa shape index (κ1) is 31.3. The minimum Gasteiger partial charge on any atom is -0.507 e. The Morgan fingerprint density at radius 2 is 1.70 bits per heavy atom. The van der Waals surface area contributed by atoms with Crippen molar-refractivity contribution in [2.75, 3.05) is 5.32 Å². The molecule has 2 aromatic carbocycles. The lowest BCUT2D eigenvalue weighted by molar-refractivity contribution is -0.142. The van der Waals surface area contributed by atoms with E-state index in [2.05, 4.69) is 10.6 Å². The van der Waals surface area contributed by atoms with Gasteiger partial charge in [-0.05, 0) is 76.5 Å². The number of rotatable bonds is 9. The number of benzene rings is 2. The number of para-hydroxylation sites is 2. The van der Waals surface area contributed by atoms with E-state index in [0.717, 1.165) is 5.56 Å². The average Bonchev–Trinajstić information content (AvgIpc) is 3.55. The number of halogens is 1. The number of anilines is 1. The first-order valence-corrected chi connectivity index (χ1v) is 14.1. The normalized spacial score (nSPS) is 18.1. The van der Waals surface area contributed by atoms with Crippen LogP contribution in [0.3, 0.4) is 0 Å². The molecule has 4 atom stereocenters. The second kappa shape index (κ2) is 12.5. The van der Waals surface area contributed by atoms with Crippen LogP contribution in [0.25, 0.3) is 0 Å². The van der Waals surface area contributed by atoms with Crippen LogP contribution in [0.5, 0.6) is 5.75 Å². The summed E-state index contributed by atoms with van der Waals surface area (Å²) in [6.07, 6.45) is 0.322. The van der Waals surface area contributed by atoms with Crippen molar-refractivity contribution in [1.82, 2.24) is 10.2 Å². The van der Waals surface area contributed by atoms with Gasteiger partial charge in [0.1, 0.15) is 23.4 Å². The summed E-state index contributed by atoms with van der Waals surface area (Å²) < 4.78 is 5.45. The molecule has 1 saturated carbocycles. The van der Waals surface area contributed by atoms with E-state index in [1.54, 1.807) is 58.0 Å². The summed E-state index contributed by atoms with van der Waals surface area (Å²) in [7, 11) is 0. The molecule has 8 nitrogen and oxygen atoms in total. The van der Waals surface area contributed by atoms with Gasteiger partial charge in [-0.2, -0.15) is 0 Å².